The first-order valence-electron chi connectivity index (χ1n) is 11.1. The Morgan fingerprint density at radius 2 is 1.72 bits per heavy atom. The normalized spacial score (nSPS) is 19.4. The van der Waals surface area contributed by atoms with Crippen molar-refractivity contribution >= 4 is 26.4 Å². The van der Waals surface area contributed by atoms with E-state index < -0.39 is 21.1 Å². The summed E-state index contributed by atoms with van der Waals surface area (Å²) in [7, 11) is -4.03. The predicted molar refractivity (Wildman–Crippen MR) is 126 cm³/mol. The van der Waals surface area contributed by atoms with E-state index in [0.29, 0.717) is 29.6 Å². The van der Waals surface area contributed by atoms with E-state index in [4.69, 9.17) is 0 Å². The molecule has 0 amide bonds. The quantitative estimate of drug-likeness (QED) is 0.550. The highest BCUT2D eigenvalue weighted by molar-refractivity contribution is 7.91. The van der Waals surface area contributed by atoms with Crippen LogP contribution in [0.4, 0.5) is 10.1 Å². The first kappa shape index (κ1) is 22.5. The summed E-state index contributed by atoms with van der Waals surface area (Å²) in [4.78, 5) is 15.0. The number of halogens is 1. The van der Waals surface area contributed by atoms with Crippen molar-refractivity contribution in [3.63, 3.8) is 0 Å². The monoisotopic (exact) mass is 456 g/mol. The van der Waals surface area contributed by atoms with Gasteiger partial charge >= 0.3 is 0 Å². The maximum atomic E-state index is 15.3. The first-order valence-corrected chi connectivity index (χ1v) is 12.6. The molecular weight excluding hydrogens is 427 g/mol. The Balaban J connectivity index is 1.93. The summed E-state index contributed by atoms with van der Waals surface area (Å²) >= 11 is 0. The fourth-order valence-electron chi connectivity index (χ4n) is 4.82. The van der Waals surface area contributed by atoms with Gasteiger partial charge < -0.3 is 9.47 Å². The van der Waals surface area contributed by atoms with Crippen molar-refractivity contribution in [2.45, 2.75) is 49.9 Å². The number of benzene rings is 2. The van der Waals surface area contributed by atoms with Crippen LogP contribution in [0.5, 0.6) is 0 Å². The van der Waals surface area contributed by atoms with Crippen LogP contribution in [0.2, 0.25) is 0 Å². The van der Waals surface area contributed by atoms with Gasteiger partial charge in [0.25, 0.3) is 0 Å². The molecule has 0 radical (unpaired) electrons. The number of hydrogen-bond acceptors (Lipinski definition) is 4. The van der Waals surface area contributed by atoms with Crippen LogP contribution < -0.4 is 10.3 Å². The zero-order valence-electron chi connectivity index (χ0n) is 18.7. The van der Waals surface area contributed by atoms with Gasteiger partial charge in [0.15, 0.2) is 0 Å². The number of nitrogens with zero attached hydrogens (tertiary/aromatic N) is 2. The van der Waals surface area contributed by atoms with Crippen molar-refractivity contribution in [1.29, 1.82) is 0 Å². The lowest BCUT2D eigenvalue weighted by molar-refractivity contribution is 0.354. The third-order valence-corrected chi connectivity index (χ3v) is 7.90. The largest absolute Gasteiger partial charge is 0.369 e. The molecule has 7 heteroatoms. The molecule has 0 unspecified atom stereocenters. The molecule has 5 nitrogen and oxygen atoms in total. The van der Waals surface area contributed by atoms with Gasteiger partial charge in [-0.3, -0.25) is 4.79 Å². The Bertz CT molecular complexity index is 1290. The number of anilines is 1. The average molecular weight is 457 g/mol. The third kappa shape index (κ3) is 4.06. The molecule has 1 aliphatic heterocycles. The molecule has 0 N–H and O–H groups in total. The topological polar surface area (TPSA) is 59.4 Å². The van der Waals surface area contributed by atoms with Crippen molar-refractivity contribution in [2.75, 3.05) is 18.0 Å². The van der Waals surface area contributed by atoms with E-state index in [9.17, 15) is 13.2 Å². The van der Waals surface area contributed by atoms with Gasteiger partial charge in [0.1, 0.15) is 10.7 Å². The van der Waals surface area contributed by atoms with Gasteiger partial charge in [0.2, 0.25) is 15.3 Å². The summed E-state index contributed by atoms with van der Waals surface area (Å²) in [5, 5.41) is 0.0924. The second-order valence-corrected chi connectivity index (χ2v) is 10.9. The van der Waals surface area contributed by atoms with E-state index in [2.05, 4.69) is 13.8 Å². The van der Waals surface area contributed by atoms with Crippen molar-refractivity contribution in [2.24, 2.45) is 11.8 Å². The van der Waals surface area contributed by atoms with Gasteiger partial charge in [-0.1, -0.05) is 39.0 Å². The lowest BCUT2D eigenvalue weighted by atomic mass is 9.91. The number of pyridine rings is 1. The van der Waals surface area contributed by atoms with Gasteiger partial charge in [0.05, 0.1) is 21.5 Å². The highest BCUT2D eigenvalue weighted by Crippen LogP contribution is 2.31. The maximum Gasteiger partial charge on any atom is 0.211 e. The second-order valence-electron chi connectivity index (χ2n) is 9.00. The van der Waals surface area contributed by atoms with Crippen molar-refractivity contribution in [1.82, 2.24) is 4.57 Å². The van der Waals surface area contributed by atoms with Gasteiger partial charge in [-0.15, -0.1) is 0 Å². The standard InChI is InChI=1S/C25H29FN2O3S/c1-4-10-27-16-24(32(30,31)19-8-6-5-7-9-19)25(29)20-12-21(26)23(13-22(20)27)28-14-17(2)11-18(3)15-28/h5-9,12-13,16-18H,4,10-11,14-15H2,1-3H3/t17-,18-/m1/s1. The zero-order valence-corrected chi connectivity index (χ0v) is 19.5. The molecule has 1 saturated heterocycles. The van der Waals surface area contributed by atoms with Crippen molar-refractivity contribution in [3.8, 4) is 0 Å². The Hall–Kier alpha value is -2.67. The third-order valence-electron chi connectivity index (χ3n) is 6.13. The number of sulfone groups is 1. The molecular formula is C25H29FN2O3S. The Labute approximate surface area is 188 Å². The second kappa shape index (κ2) is 8.70. The van der Waals surface area contributed by atoms with Crippen LogP contribution in [0.15, 0.2) is 63.2 Å². The molecule has 3 aromatic rings. The van der Waals surface area contributed by atoms with E-state index in [0.717, 1.165) is 25.9 Å². The maximum absolute atomic E-state index is 15.3. The van der Waals surface area contributed by atoms with Crippen LogP contribution in [0, 0.1) is 17.7 Å². The lowest BCUT2D eigenvalue weighted by Crippen LogP contribution is -2.39. The van der Waals surface area contributed by atoms with Crippen LogP contribution in [-0.4, -0.2) is 26.1 Å². The van der Waals surface area contributed by atoms with Crippen LogP contribution in [-0.2, 0) is 16.4 Å². The summed E-state index contributed by atoms with van der Waals surface area (Å²) in [5.74, 6) is 0.406. The van der Waals surface area contributed by atoms with E-state index in [1.54, 1.807) is 28.8 Å². The molecule has 0 bridgehead atoms. The van der Waals surface area contributed by atoms with E-state index >= 15 is 4.39 Å². The fourth-order valence-corrected chi connectivity index (χ4v) is 6.21. The molecule has 170 valence electrons. The van der Waals surface area contributed by atoms with Crippen LogP contribution in [0.25, 0.3) is 10.9 Å². The van der Waals surface area contributed by atoms with Gasteiger partial charge in [-0.25, -0.2) is 12.8 Å². The van der Waals surface area contributed by atoms with Gasteiger partial charge in [0, 0.05) is 25.8 Å². The number of aromatic nitrogens is 1. The molecule has 1 fully saturated rings. The minimum Gasteiger partial charge on any atom is -0.369 e. The highest BCUT2D eigenvalue weighted by Gasteiger charge is 2.27. The van der Waals surface area contributed by atoms with Crippen LogP contribution >= 0.6 is 0 Å². The Morgan fingerprint density at radius 3 is 2.34 bits per heavy atom. The summed E-state index contributed by atoms with van der Waals surface area (Å²) in [6, 6.07) is 10.8. The molecule has 4 rings (SSSR count). The number of rotatable bonds is 5. The van der Waals surface area contributed by atoms with Gasteiger partial charge in [-0.2, -0.15) is 0 Å². The van der Waals surface area contributed by atoms with Gasteiger partial charge in [-0.05, 0) is 48.9 Å². The van der Waals surface area contributed by atoms with Crippen LogP contribution in [0.3, 0.4) is 0 Å². The Morgan fingerprint density at radius 1 is 1.06 bits per heavy atom. The lowest BCUT2D eigenvalue weighted by Gasteiger charge is -2.37. The summed E-state index contributed by atoms with van der Waals surface area (Å²) in [5.41, 5.74) is 0.368. The summed E-state index contributed by atoms with van der Waals surface area (Å²) in [6.07, 6.45) is 3.26. The van der Waals surface area contributed by atoms with Crippen molar-refractivity contribution < 1.29 is 12.8 Å². The fraction of sp³-hybridized carbons (Fsp3) is 0.400. The summed E-state index contributed by atoms with van der Waals surface area (Å²) in [6.45, 7) is 8.33. The molecule has 32 heavy (non-hydrogen) atoms. The molecule has 2 aromatic carbocycles. The molecule has 0 spiro atoms. The number of fused-ring (bicyclic) bond motifs is 1. The zero-order chi connectivity index (χ0) is 23.0. The van der Waals surface area contributed by atoms with Crippen LogP contribution in [0.1, 0.15) is 33.6 Å². The number of hydrogen-bond donors (Lipinski definition) is 0. The molecule has 1 aromatic heterocycles. The number of piperidine rings is 1. The number of aryl methyl sites for hydroxylation is 1. The molecule has 0 saturated carbocycles. The predicted octanol–water partition coefficient (Wildman–Crippen LogP) is 4.87. The molecule has 1 aliphatic rings. The average Bonchev–Trinajstić information content (AvgIpc) is 2.75. The minimum atomic E-state index is -4.03. The molecule has 2 heterocycles. The molecule has 2 atom stereocenters. The van der Waals surface area contributed by atoms with Crippen molar-refractivity contribution in [3.05, 3.63) is 64.7 Å². The Kier molecular flexibility index (Phi) is 6.12. The van der Waals surface area contributed by atoms with E-state index in [-0.39, 0.29) is 15.2 Å². The summed E-state index contributed by atoms with van der Waals surface area (Å²) < 4.78 is 43.5. The minimum absolute atomic E-state index is 0.0490. The SMILES string of the molecule is CCCn1cc(S(=O)(=O)c2ccccc2)c(=O)c2cc(F)c(N3C[C@H](C)C[C@@H](C)C3)cc21. The molecule has 0 aliphatic carbocycles. The van der Waals surface area contributed by atoms with E-state index in [1.807, 2.05) is 11.8 Å². The first-order chi connectivity index (χ1) is 15.2. The highest BCUT2D eigenvalue weighted by atomic mass is 32.2. The smallest absolute Gasteiger partial charge is 0.211 e. The van der Waals surface area contributed by atoms with E-state index in [1.165, 1.54) is 24.4 Å².